The number of hydrogen-bond acceptors (Lipinski definition) is 5. The van der Waals surface area contributed by atoms with Gasteiger partial charge in [-0.2, -0.15) is 0 Å². The first-order valence-corrected chi connectivity index (χ1v) is 15.9. The Balaban J connectivity index is 1.20. The zero-order valence-electron chi connectivity index (χ0n) is 25.3. The number of anilines is 1. The average Bonchev–Trinajstić information content (AvgIpc) is 3.41. The number of rotatable bonds is 8. The van der Waals surface area contributed by atoms with Gasteiger partial charge in [0.2, 0.25) is 0 Å². The third kappa shape index (κ3) is 6.12. The van der Waals surface area contributed by atoms with E-state index in [-0.39, 0.29) is 25.5 Å². The topological polar surface area (TPSA) is 80.5 Å². The predicted octanol–water partition coefficient (Wildman–Crippen LogP) is 7.94. The second-order valence-corrected chi connectivity index (χ2v) is 12.5. The van der Waals surface area contributed by atoms with Crippen molar-refractivity contribution in [3.8, 4) is 5.75 Å². The van der Waals surface area contributed by atoms with Gasteiger partial charge in [-0.15, -0.1) is 0 Å². The van der Waals surface area contributed by atoms with Crippen LogP contribution in [0.25, 0.3) is 21.9 Å². The molecule has 10 heteroatoms. The zero-order valence-corrected chi connectivity index (χ0v) is 25.3. The molecule has 0 spiro atoms. The maximum Gasteiger partial charge on any atom is 0.307 e. The van der Waals surface area contributed by atoms with Crippen LogP contribution in [-0.4, -0.2) is 44.6 Å². The predicted molar refractivity (Wildman–Crippen MR) is 170 cm³/mol. The minimum absolute atomic E-state index is 0.123. The highest BCUT2D eigenvalue weighted by Crippen LogP contribution is 2.40. The minimum Gasteiger partial charge on any atom is -0.487 e. The van der Waals surface area contributed by atoms with Gasteiger partial charge in [-0.05, 0) is 55.7 Å². The lowest BCUT2D eigenvalue weighted by molar-refractivity contribution is -0.143. The van der Waals surface area contributed by atoms with Gasteiger partial charge in [-0.3, -0.25) is 4.79 Å². The van der Waals surface area contributed by atoms with Crippen LogP contribution in [0.15, 0.2) is 72.8 Å². The van der Waals surface area contributed by atoms with Gasteiger partial charge in [-0.1, -0.05) is 43.2 Å². The van der Waals surface area contributed by atoms with Crippen LogP contribution in [0.2, 0.25) is 0 Å². The van der Waals surface area contributed by atoms with Crippen LogP contribution < -0.4 is 9.64 Å². The first-order chi connectivity index (χ1) is 22.2. The van der Waals surface area contributed by atoms with Crippen LogP contribution in [0.4, 0.5) is 18.9 Å². The number of nitrogens with zero attached hydrogens (tertiary/aromatic N) is 4. The third-order valence-electron chi connectivity index (χ3n) is 9.33. The molecular formula is C36H35F3N4O3. The second kappa shape index (κ2) is 12.3. The van der Waals surface area contributed by atoms with Crippen molar-refractivity contribution in [2.24, 2.45) is 5.92 Å². The lowest BCUT2D eigenvalue weighted by atomic mass is 9.78. The van der Waals surface area contributed by atoms with Crippen molar-refractivity contribution in [2.45, 2.75) is 63.5 Å². The van der Waals surface area contributed by atoms with Gasteiger partial charge in [0.05, 0.1) is 41.3 Å². The van der Waals surface area contributed by atoms with Gasteiger partial charge in [-0.25, -0.2) is 23.1 Å². The number of fused-ring (bicyclic) bond motifs is 2. The van der Waals surface area contributed by atoms with E-state index in [0.29, 0.717) is 54.1 Å². The molecule has 0 bridgehead atoms. The van der Waals surface area contributed by atoms with Crippen LogP contribution >= 0.6 is 0 Å². The summed E-state index contributed by atoms with van der Waals surface area (Å²) in [6, 6.07) is 22.0. The summed E-state index contributed by atoms with van der Waals surface area (Å²) >= 11 is 0. The van der Waals surface area contributed by atoms with Gasteiger partial charge in [0.15, 0.2) is 0 Å². The molecule has 2 atom stereocenters. The molecule has 1 N–H and O–H groups in total. The van der Waals surface area contributed by atoms with Gasteiger partial charge < -0.3 is 19.3 Å². The normalized spacial score (nSPS) is 19.8. The summed E-state index contributed by atoms with van der Waals surface area (Å²) in [6.45, 7) is 0.401. The highest BCUT2D eigenvalue weighted by Gasteiger charge is 2.37. The molecule has 2 aromatic heterocycles. The zero-order chi connectivity index (χ0) is 31.8. The van der Waals surface area contributed by atoms with Crippen molar-refractivity contribution in [3.63, 3.8) is 0 Å². The molecule has 1 saturated heterocycles. The summed E-state index contributed by atoms with van der Waals surface area (Å²) in [5.74, 6) is -3.88. The van der Waals surface area contributed by atoms with E-state index in [9.17, 15) is 18.7 Å². The minimum atomic E-state index is -2.80. The number of carbonyl (C=O) groups is 1. The molecule has 238 valence electrons. The SMILES string of the molecule is O=C(O)[C@@H]1CCCC[C@@H]1c1nc2cc(OCc3ccc4ccccc4n3)ccc2n1Cc1ccc(N2CCCC(F)(F)C2)cc1F. The monoisotopic (exact) mass is 628 g/mol. The number of pyridine rings is 1. The van der Waals surface area contributed by atoms with Crippen LogP contribution in [0.1, 0.15) is 61.5 Å². The summed E-state index contributed by atoms with van der Waals surface area (Å²) in [4.78, 5) is 23.4. The molecule has 0 radical (unpaired) electrons. The number of alkyl halides is 2. The van der Waals surface area contributed by atoms with E-state index in [4.69, 9.17) is 9.72 Å². The highest BCUT2D eigenvalue weighted by atomic mass is 19.3. The molecule has 7 rings (SSSR count). The number of halogens is 3. The summed E-state index contributed by atoms with van der Waals surface area (Å²) in [5.41, 5.74) is 3.83. The molecule has 5 aromatic rings. The molecule has 1 aliphatic carbocycles. The number of piperidine rings is 1. The van der Waals surface area contributed by atoms with Gasteiger partial charge in [0.1, 0.15) is 24.0 Å². The van der Waals surface area contributed by atoms with E-state index in [2.05, 4.69) is 4.98 Å². The van der Waals surface area contributed by atoms with Crippen LogP contribution in [0, 0.1) is 11.7 Å². The summed E-state index contributed by atoms with van der Waals surface area (Å²) in [6.07, 6.45) is 3.12. The number of carboxylic acids is 1. The molecule has 0 unspecified atom stereocenters. The number of benzene rings is 3. The second-order valence-electron chi connectivity index (χ2n) is 12.5. The summed E-state index contributed by atoms with van der Waals surface area (Å²) in [5, 5.41) is 11.1. The first kappa shape index (κ1) is 30.1. The lowest BCUT2D eigenvalue weighted by Gasteiger charge is -2.34. The van der Waals surface area contributed by atoms with E-state index in [1.54, 1.807) is 12.1 Å². The Morgan fingerprint density at radius 3 is 2.63 bits per heavy atom. The van der Waals surface area contributed by atoms with E-state index < -0.39 is 30.2 Å². The summed E-state index contributed by atoms with van der Waals surface area (Å²) < 4.78 is 51.7. The molecule has 0 amide bonds. The summed E-state index contributed by atoms with van der Waals surface area (Å²) in [7, 11) is 0. The van der Waals surface area contributed by atoms with Gasteiger partial charge in [0, 0.05) is 41.6 Å². The molecule has 3 aromatic carbocycles. The Kier molecular flexibility index (Phi) is 8.04. The molecular weight excluding hydrogens is 593 g/mol. The highest BCUT2D eigenvalue weighted by molar-refractivity contribution is 5.79. The van der Waals surface area contributed by atoms with Crippen molar-refractivity contribution < 1.29 is 27.8 Å². The molecule has 2 fully saturated rings. The molecule has 2 aliphatic rings. The average molecular weight is 629 g/mol. The van der Waals surface area contributed by atoms with Gasteiger partial charge in [0.25, 0.3) is 5.92 Å². The number of carboxylic acid groups (broad SMARTS) is 1. The molecule has 3 heterocycles. The lowest BCUT2D eigenvalue weighted by Crippen LogP contribution is -2.42. The van der Waals surface area contributed by atoms with E-state index >= 15 is 4.39 Å². The number of ether oxygens (including phenoxy) is 1. The van der Waals surface area contributed by atoms with Gasteiger partial charge >= 0.3 is 5.97 Å². The molecule has 1 saturated carbocycles. The van der Waals surface area contributed by atoms with Crippen molar-refractivity contribution in [1.82, 2.24) is 14.5 Å². The van der Waals surface area contributed by atoms with E-state index in [1.807, 2.05) is 59.2 Å². The Bertz CT molecular complexity index is 1910. The van der Waals surface area contributed by atoms with E-state index in [1.165, 1.54) is 11.0 Å². The van der Waals surface area contributed by atoms with Crippen LogP contribution in [0.3, 0.4) is 0 Å². The van der Waals surface area contributed by atoms with E-state index in [0.717, 1.165) is 35.0 Å². The largest absolute Gasteiger partial charge is 0.487 e. The van der Waals surface area contributed by atoms with Crippen molar-refractivity contribution in [1.29, 1.82) is 0 Å². The Morgan fingerprint density at radius 2 is 1.80 bits per heavy atom. The fourth-order valence-electron chi connectivity index (χ4n) is 6.97. The Hall–Kier alpha value is -4.60. The quantitative estimate of drug-likeness (QED) is 0.188. The van der Waals surface area contributed by atoms with Crippen LogP contribution in [-0.2, 0) is 17.9 Å². The fourth-order valence-corrected chi connectivity index (χ4v) is 6.97. The number of hydrogen-bond donors (Lipinski definition) is 1. The molecule has 46 heavy (non-hydrogen) atoms. The van der Waals surface area contributed by atoms with Crippen LogP contribution in [0.5, 0.6) is 5.75 Å². The molecule has 1 aliphatic heterocycles. The number of aromatic nitrogens is 3. The maximum atomic E-state index is 15.6. The van der Waals surface area contributed by atoms with Crippen molar-refractivity contribution >= 4 is 33.6 Å². The van der Waals surface area contributed by atoms with Crippen molar-refractivity contribution in [3.05, 3.63) is 95.7 Å². The number of aliphatic carboxylic acids is 1. The first-order valence-electron chi connectivity index (χ1n) is 15.9. The Morgan fingerprint density at radius 1 is 0.957 bits per heavy atom. The Labute approximate surface area is 264 Å². The number of para-hydroxylation sites is 1. The smallest absolute Gasteiger partial charge is 0.307 e. The van der Waals surface area contributed by atoms with Crippen molar-refractivity contribution in [2.75, 3.05) is 18.0 Å². The fraction of sp³-hybridized carbons (Fsp3) is 0.361. The number of imidazole rings is 1. The standard InChI is InChI=1S/C36H35F3N4O3/c37-30-18-26(42-17-5-16-36(38,39)22-42)13-11-24(30)20-43-33-15-14-27(46-21-25-12-10-23-6-1-4-9-31(23)40-25)19-32(33)41-34(43)28-7-2-3-8-29(28)35(44)45/h1,4,6,9-15,18-19,28-29H,2-3,5,7-8,16-17,20-22H2,(H,44,45)/t28-,29+/m0/s1. The maximum absolute atomic E-state index is 15.6. The molecule has 7 nitrogen and oxygen atoms in total. The third-order valence-corrected chi connectivity index (χ3v) is 9.33.